The first-order valence-electron chi connectivity index (χ1n) is 8.38. The summed E-state index contributed by atoms with van der Waals surface area (Å²) < 4.78 is 4.85. The van der Waals surface area contributed by atoms with Gasteiger partial charge in [-0.2, -0.15) is 0 Å². The molecule has 0 aromatic carbocycles. The number of rotatable bonds is 4. The van der Waals surface area contributed by atoms with Crippen molar-refractivity contribution in [3.63, 3.8) is 0 Å². The van der Waals surface area contributed by atoms with Crippen LogP contribution in [0.2, 0.25) is 0 Å². The summed E-state index contributed by atoms with van der Waals surface area (Å²) in [4.78, 5) is 2.31. The normalized spacial score (nSPS) is 15.3. The van der Waals surface area contributed by atoms with Gasteiger partial charge in [0.15, 0.2) is 0 Å². The van der Waals surface area contributed by atoms with E-state index in [1.807, 2.05) is 27.7 Å². The van der Waals surface area contributed by atoms with Gasteiger partial charge in [0.1, 0.15) is 0 Å². The Balaban J connectivity index is -0.000000236. The largest absolute Gasteiger partial charge is 0.396 e. The number of hydrogen-bond acceptors (Lipinski definition) is 3. The Morgan fingerprint density at radius 3 is 1.80 bits per heavy atom. The Bertz CT molecular complexity index is 144. The predicted molar refractivity (Wildman–Crippen MR) is 91.3 cm³/mol. The molecular formula is C17H41NO2. The summed E-state index contributed by atoms with van der Waals surface area (Å²) in [5.41, 5.74) is 0. The Hall–Kier alpha value is -0.120. The average molecular weight is 292 g/mol. The van der Waals surface area contributed by atoms with Crippen LogP contribution < -0.4 is 0 Å². The first-order chi connectivity index (χ1) is 9.60. The summed E-state index contributed by atoms with van der Waals surface area (Å²) in [6.45, 7) is 16.0. The molecule has 1 fully saturated rings. The summed E-state index contributed by atoms with van der Waals surface area (Å²) in [5, 5.41) is 8.76. The van der Waals surface area contributed by atoms with Crippen molar-refractivity contribution in [2.24, 2.45) is 11.8 Å². The number of aliphatic hydroxyl groups excluding tert-OH is 1. The van der Waals surface area contributed by atoms with E-state index >= 15 is 0 Å². The van der Waals surface area contributed by atoms with Gasteiger partial charge in [0.05, 0.1) is 0 Å². The predicted octanol–water partition coefficient (Wildman–Crippen LogP) is 4.05. The van der Waals surface area contributed by atoms with Gasteiger partial charge in [0.2, 0.25) is 0 Å². The molecule has 0 saturated carbocycles. The Labute approximate surface area is 128 Å². The van der Waals surface area contributed by atoms with Crippen molar-refractivity contribution in [3.8, 4) is 0 Å². The molecular weight excluding hydrogens is 250 g/mol. The number of aliphatic hydroxyl groups is 1. The lowest BCUT2D eigenvalue weighted by Gasteiger charge is -2.27. The maximum atomic E-state index is 8.76. The van der Waals surface area contributed by atoms with Crippen LogP contribution in [-0.2, 0) is 4.74 Å². The maximum Gasteiger partial charge on any atom is 0.0464 e. The van der Waals surface area contributed by atoms with E-state index in [1.54, 1.807) is 7.11 Å². The fourth-order valence-electron chi connectivity index (χ4n) is 1.60. The van der Waals surface area contributed by atoms with Gasteiger partial charge in [-0.1, -0.05) is 41.5 Å². The van der Waals surface area contributed by atoms with Gasteiger partial charge >= 0.3 is 0 Å². The SMILES string of the molecule is CC.CC.CN1CCC(CO)CC1.COCCC(C)C. The minimum Gasteiger partial charge on any atom is -0.396 e. The molecule has 0 aliphatic carbocycles. The third-order valence-corrected chi connectivity index (χ3v) is 3.00. The van der Waals surface area contributed by atoms with E-state index in [0.29, 0.717) is 12.5 Å². The smallest absolute Gasteiger partial charge is 0.0464 e. The van der Waals surface area contributed by atoms with E-state index in [-0.39, 0.29) is 0 Å². The van der Waals surface area contributed by atoms with Gasteiger partial charge in [-0.25, -0.2) is 0 Å². The van der Waals surface area contributed by atoms with Crippen LogP contribution in [0.3, 0.4) is 0 Å². The highest BCUT2D eigenvalue weighted by molar-refractivity contribution is 4.68. The molecule has 1 saturated heterocycles. The van der Waals surface area contributed by atoms with E-state index in [2.05, 4.69) is 25.8 Å². The second-order valence-corrected chi connectivity index (χ2v) is 5.10. The zero-order chi connectivity index (χ0) is 16.4. The van der Waals surface area contributed by atoms with Crippen LogP contribution in [0.4, 0.5) is 0 Å². The van der Waals surface area contributed by atoms with Crippen molar-refractivity contribution in [2.45, 2.75) is 60.8 Å². The van der Waals surface area contributed by atoms with Gasteiger partial charge in [0.25, 0.3) is 0 Å². The van der Waals surface area contributed by atoms with Crippen molar-refractivity contribution in [1.82, 2.24) is 4.90 Å². The van der Waals surface area contributed by atoms with E-state index in [1.165, 1.54) is 19.3 Å². The topological polar surface area (TPSA) is 32.7 Å². The molecule has 3 heteroatoms. The molecule has 0 radical (unpaired) electrons. The van der Waals surface area contributed by atoms with E-state index in [4.69, 9.17) is 9.84 Å². The summed E-state index contributed by atoms with van der Waals surface area (Å²) in [6.07, 6.45) is 3.52. The third kappa shape index (κ3) is 20.2. The number of likely N-dealkylation sites (tertiary alicyclic amines) is 1. The molecule has 0 amide bonds. The second-order valence-electron chi connectivity index (χ2n) is 5.10. The van der Waals surface area contributed by atoms with Crippen LogP contribution >= 0.6 is 0 Å². The zero-order valence-corrected chi connectivity index (χ0v) is 15.4. The van der Waals surface area contributed by atoms with Gasteiger partial charge in [0, 0.05) is 20.3 Å². The lowest BCUT2D eigenvalue weighted by Crippen LogP contribution is -2.31. The molecule has 20 heavy (non-hydrogen) atoms. The highest BCUT2D eigenvalue weighted by atomic mass is 16.5. The Morgan fingerprint density at radius 2 is 1.55 bits per heavy atom. The molecule has 1 aliphatic rings. The number of hydrogen-bond donors (Lipinski definition) is 1. The summed E-state index contributed by atoms with van der Waals surface area (Å²) in [7, 11) is 3.87. The molecule has 1 N–H and O–H groups in total. The lowest BCUT2D eigenvalue weighted by atomic mass is 9.98. The molecule has 0 unspecified atom stereocenters. The highest BCUT2D eigenvalue weighted by Gasteiger charge is 2.14. The third-order valence-electron chi connectivity index (χ3n) is 3.00. The van der Waals surface area contributed by atoms with Crippen molar-refractivity contribution >= 4 is 0 Å². The molecule has 1 aliphatic heterocycles. The first kappa shape index (κ1) is 24.9. The summed E-state index contributed by atoms with van der Waals surface area (Å²) in [6, 6.07) is 0. The molecule has 0 aromatic rings. The van der Waals surface area contributed by atoms with Crippen molar-refractivity contribution in [3.05, 3.63) is 0 Å². The van der Waals surface area contributed by atoms with Crippen molar-refractivity contribution in [1.29, 1.82) is 0 Å². The quantitative estimate of drug-likeness (QED) is 0.848. The second kappa shape index (κ2) is 21.2. The minimum atomic E-state index is 0.383. The average Bonchev–Trinajstić information content (AvgIpc) is 2.50. The monoisotopic (exact) mass is 291 g/mol. The first-order valence-corrected chi connectivity index (χ1v) is 8.38. The van der Waals surface area contributed by atoms with Crippen LogP contribution in [0, 0.1) is 11.8 Å². The van der Waals surface area contributed by atoms with Crippen LogP contribution in [-0.4, -0.2) is 50.5 Å². The minimum absolute atomic E-state index is 0.383. The fraction of sp³-hybridized carbons (Fsp3) is 1.00. The van der Waals surface area contributed by atoms with E-state index in [9.17, 15) is 0 Å². The molecule has 0 bridgehead atoms. The van der Waals surface area contributed by atoms with Crippen molar-refractivity contribution in [2.75, 3.05) is 40.5 Å². The summed E-state index contributed by atoms with van der Waals surface area (Å²) >= 11 is 0. The molecule has 1 heterocycles. The maximum absolute atomic E-state index is 8.76. The number of ether oxygens (including phenoxy) is 1. The molecule has 126 valence electrons. The van der Waals surface area contributed by atoms with Gasteiger partial charge in [-0.3, -0.25) is 0 Å². The molecule has 0 atom stereocenters. The van der Waals surface area contributed by atoms with Crippen molar-refractivity contribution < 1.29 is 9.84 Å². The van der Waals surface area contributed by atoms with Crippen LogP contribution in [0.25, 0.3) is 0 Å². The molecule has 1 rings (SSSR count). The zero-order valence-electron chi connectivity index (χ0n) is 15.4. The number of piperidine rings is 1. The number of methoxy groups -OCH3 is 1. The molecule has 0 aromatic heterocycles. The molecule has 3 nitrogen and oxygen atoms in total. The van der Waals surface area contributed by atoms with Crippen LogP contribution in [0.1, 0.15) is 60.8 Å². The van der Waals surface area contributed by atoms with E-state index in [0.717, 1.165) is 25.6 Å². The number of nitrogens with zero attached hydrogens (tertiary/aromatic N) is 1. The van der Waals surface area contributed by atoms with Gasteiger partial charge in [-0.15, -0.1) is 0 Å². The standard InChI is InChI=1S/C7H15NO.C6H14O.2C2H6/c1-8-4-2-7(6-9)3-5-8;1-6(2)4-5-7-3;2*1-2/h7,9H,2-6H2,1H3;6H,4-5H2,1-3H3;2*1-2H3. The van der Waals surface area contributed by atoms with E-state index < -0.39 is 0 Å². The lowest BCUT2D eigenvalue weighted by molar-refractivity contribution is 0.148. The van der Waals surface area contributed by atoms with Crippen LogP contribution in [0.15, 0.2) is 0 Å². The van der Waals surface area contributed by atoms with Gasteiger partial charge < -0.3 is 14.7 Å². The fourth-order valence-corrected chi connectivity index (χ4v) is 1.60. The summed E-state index contributed by atoms with van der Waals surface area (Å²) in [5.74, 6) is 1.36. The Kier molecular flexibility index (Phi) is 26.3. The molecule has 0 spiro atoms. The van der Waals surface area contributed by atoms with Gasteiger partial charge in [-0.05, 0) is 51.2 Å². The highest BCUT2D eigenvalue weighted by Crippen LogP contribution is 2.14. The van der Waals surface area contributed by atoms with Crippen LogP contribution in [0.5, 0.6) is 0 Å². The Morgan fingerprint density at radius 1 is 1.10 bits per heavy atom.